The molecule has 0 unspecified atom stereocenters. The van der Waals surface area contributed by atoms with E-state index in [1.54, 1.807) is 11.4 Å². The molecule has 1 aliphatic rings. The summed E-state index contributed by atoms with van der Waals surface area (Å²) in [6.07, 6.45) is 0. The molecule has 0 amide bonds. The molecule has 1 aromatic carbocycles. The fraction of sp³-hybridized carbons (Fsp3) is 0.0833. The van der Waals surface area contributed by atoms with Crippen molar-refractivity contribution in [2.75, 3.05) is 6.79 Å². The molecule has 19 heavy (non-hydrogen) atoms. The number of thiazole rings is 1. The average Bonchev–Trinajstić information content (AvgIpc) is 3.04. The smallest absolute Gasteiger partial charge is 0.262 e. The van der Waals surface area contributed by atoms with Crippen LogP contribution in [0.3, 0.4) is 0 Å². The van der Waals surface area contributed by atoms with Gasteiger partial charge in [-0.1, -0.05) is 0 Å². The van der Waals surface area contributed by atoms with E-state index < -0.39 is 11.6 Å². The molecule has 7 heteroatoms. The lowest BCUT2D eigenvalue weighted by Gasteiger charge is -2.00. The van der Waals surface area contributed by atoms with Gasteiger partial charge in [-0.3, -0.25) is 9.59 Å². The first-order chi connectivity index (χ1) is 9.15. The van der Waals surface area contributed by atoms with E-state index in [2.05, 4.69) is 20.9 Å². The summed E-state index contributed by atoms with van der Waals surface area (Å²) < 4.78 is 10.9. The molecule has 0 saturated heterocycles. The minimum absolute atomic E-state index is 0.125. The highest BCUT2D eigenvalue weighted by Crippen LogP contribution is 2.32. The third kappa shape index (κ3) is 2.26. The number of nitrogens with zero attached hydrogens (tertiary/aromatic N) is 1. The fourth-order valence-electron chi connectivity index (χ4n) is 1.62. The highest BCUT2D eigenvalue weighted by Gasteiger charge is 2.23. The second kappa shape index (κ2) is 4.75. The van der Waals surface area contributed by atoms with Crippen molar-refractivity contribution < 1.29 is 19.1 Å². The minimum Gasteiger partial charge on any atom is -0.454 e. The summed E-state index contributed by atoms with van der Waals surface area (Å²) in [6, 6.07) is 4.65. The van der Waals surface area contributed by atoms with Crippen LogP contribution in [0.15, 0.2) is 28.2 Å². The molecule has 0 saturated carbocycles. The molecule has 0 radical (unpaired) electrons. The lowest BCUT2D eigenvalue weighted by atomic mass is 10.1. The van der Waals surface area contributed by atoms with E-state index in [4.69, 9.17) is 9.47 Å². The van der Waals surface area contributed by atoms with Crippen LogP contribution in [0.2, 0.25) is 0 Å². The van der Waals surface area contributed by atoms with Crippen molar-refractivity contribution >= 4 is 38.8 Å². The molecule has 0 atom stereocenters. The predicted octanol–water partition coefficient (Wildman–Crippen LogP) is 2.70. The van der Waals surface area contributed by atoms with Gasteiger partial charge < -0.3 is 9.47 Å². The van der Waals surface area contributed by atoms with Gasteiger partial charge in [0.15, 0.2) is 16.5 Å². The molecule has 0 aliphatic carbocycles. The first-order valence-electron chi connectivity index (χ1n) is 5.25. The monoisotopic (exact) mass is 339 g/mol. The van der Waals surface area contributed by atoms with Crippen molar-refractivity contribution in [1.82, 2.24) is 4.98 Å². The van der Waals surface area contributed by atoms with Gasteiger partial charge in [0, 0.05) is 10.9 Å². The van der Waals surface area contributed by atoms with Gasteiger partial charge in [-0.15, -0.1) is 11.3 Å². The number of hydrogen-bond acceptors (Lipinski definition) is 6. The Bertz CT molecular complexity index is 682. The molecule has 2 heterocycles. The van der Waals surface area contributed by atoms with Gasteiger partial charge >= 0.3 is 0 Å². The fourth-order valence-corrected chi connectivity index (χ4v) is 2.81. The van der Waals surface area contributed by atoms with E-state index in [9.17, 15) is 9.59 Å². The Labute approximate surface area is 120 Å². The Morgan fingerprint density at radius 1 is 1.21 bits per heavy atom. The third-order valence-electron chi connectivity index (χ3n) is 2.51. The molecule has 3 rings (SSSR count). The van der Waals surface area contributed by atoms with Crippen molar-refractivity contribution in [3.63, 3.8) is 0 Å². The number of benzene rings is 1. The van der Waals surface area contributed by atoms with E-state index in [1.165, 1.54) is 12.1 Å². The molecule has 0 spiro atoms. The zero-order valence-corrected chi connectivity index (χ0v) is 11.8. The van der Waals surface area contributed by atoms with E-state index in [0.29, 0.717) is 16.1 Å². The first-order valence-corrected chi connectivity index (χ1v) is 6.92. The maximum atomic E-state index is 12.1. The number of aromatic nitrogens is 1. The molecule has 0 bridgehead atoms. The van der Waals surface area contributed by atoms with E-state index in [0.717, 1.165) is 11.3 Å². The molecular weight excluding hydrogens is 334 g/mol. The molecule has 5 nitrogen and oxygen atoms in total. The van der Waals surface area contributed by atoms with Crippen LogP contribution >= 0.6 is 27.3 Å². The van der Waals surface area contributed by atoms with Gasteiger partial charge in [0.2, 0.25) is 12.6 Å². The normalized spacial score (nSPS) is 12.5. The van der Waals surface area contributed by atoms with E-state index >= 15 is 0 Å². The maximum absolute atomic E-state index is 12.1. The Balaban J connectivity index is 1.90. The lowest BCUT2D eigenvalue weighted by Crippen LogP contribution is -2.14. The Hall–Kier alpha value is -1.73. The predicted molar refractivity (Wildman–Crippen MR) is 71.0 cm³/mol. The number of Topliss-reactive ketones (excluding diaryl/α,β-unsaturated/α-hetero) is 2. The summed E-state index contributed by atoms with van der Waals surface area (Å²) >= 11 is 4.27. The third-order valence-corrected chi connectivity index (χ3v) is 4.06. The topological polar surface area (TPSA) is 65.5 Å². The van der Waals surface area contributed by atoms with Crippen LogP contribution in [-0.2, 0) is 0 Å². The Morgan fingerprint density at radius 2 is 2.00 bits per heavy atom. The summed E-state index contributed by atoms with van der Waals surface area (Å²) in [6.45, 7) is 0.125. The van der Waals surface area contributed by atoms with Gasteiger partial charge in [0.1, 0.15) is 4.60 Å². The van der Waals surface area contributed by atoms with Gasteiger partial charge in [0.25, 0.3) is 5.78 Å². The number of ether oxygens (including phenoxy) is 2. The highest BCUT2D eigenvalue weighted by molar-refractivity contribution is 9.10. The lowest BCUT2D eigenvalue weighted by molar-refractivity contribution is 0.0816. The summed E-state index contributed by atoms with van der Waals surface area (Å²) in [5.74, 6) is -0.199. The summed E-state index contributed by atoms with van der Waals surface area (Å²) in [7, 11) is 0. The quantitative estimate of drug-likeness (QED) is 0.635. The van der Waals surface area contributed by atoms with Gasteiger partial charge in [-0.05, 0) is 34.1 Å². The Morgan fingerprint density at radius 3 is 2.74 bits per heavy atom. The van der Waals surface area contributed by atoms with E-state index in [1.807, 2.05) is 0 Å². The number of hydrogen-bond donors (Lipinski definition) is 0. The van der Waals surface area contributed by atoms with Gasteiger partial charge in [0.05, 0.1) is 0 Å². The number of ketones is 2. The van der Waals surface area contributed by atoms with Crippen molar-refractivity contribution in [1.29, 1.82) is 0 Å². The summed E-state index contributed by atoms with van der Waals surface area (Å²) in [4.78, 5) is 28.0. The van der Waals surface area contributed by atoms with Crippen molar-refractivity contribution in [3.8, 4) is 11.5 Å². The van der Waals surface area contributed by atoms with Crippen molar-refractivity contribution in [2.24, 2.45) is 0 Å². The molecule has 96 valence electrons. The molecule has 2 aromatic rings. The van der Waals surface area contributed by atoms with Gasteiger partial charge in [-0.2, -0.15) is 0 Å². The largest absolute Gasteiger partial charge is 0.454 e. The van der Waals surface area contributed by atoms with Crippen LogP contribution in [0.5, 0.6) is 11.5 Å². The average molecular weight is 340 g/mol. The zero-order valence-electron chi connectivity index (χ0n) is 9.38. The second-order valence-electron chi connectivity index (χ2n) is 3.70. The van der Waals surface area contributed by atoms with Crippen LogP contribution in [0.25, 0.3) is 0 Å². The van der Waals surface area contributed by atoms with Crippen LogP contribution in [0, 0.1) is 0 Å². The number of rotatable bonds is 3. The van der Waals surface area contributed by atoms with Gasteiger partial charge in [-0.25, -0.2) is 4.98 Å². The SMILES string of the molecule is O=C(C(=O)c1nc(Br)cs1)c1ccc2c(c1)OCO2. The van der Waals surface area contributed by atoms with Crippen molar-refractivity contribution in [2.45, 2.75) is 0 Å². The number of carbonyl (C=O) groups is 2. The molecule has 0 fully saturated rings. The maximum Gasteiger partial charge on any atom is 0.262 e. The van der Waals surface area contributed by atoms with E-state index in [-0.39, 0.29) is 17.4 Å². The van der Waals surface area contributed by atoms with Crippen LogP contribution in [-0.4, -0.2) is 23.3 Å². The molecule has 1 aliphatic heterocycles. The first kappa shape index (κ1) is 12.3. The second-order valence-corrected chi connectivity index (χ2v) is 5.37. The zero-order chi connectivity index (χ0) is 13.4. The molecule has 1 aromatic heterocycles. The summed E-state index contributed by atoms with van der Waals surface area (Å²) in [5, 5.41) is 1.81. The number of halogens is 1. The minimum atomic E-state index is -0.630. The Kier molecular flexibility index (Phi) is 3.08. The summed E-state index contributed by atoms with van der Waals surface area (Å²) in [5.41, 5.74) is 0.264. The molecular formula is C12H6BrNO4S. The number of fused-ring (bicyclic) bond motifs is 1. The van der Waals surface area contributed by atoms with Crippen LogP contribution in [0.1, 0.15) is 20.2 Å². The van der Waals surface area contributed by atoms with Crippen LogP contribution < -0.4 is 9.47 Å². The van der Waals surface area contributed by atoms with Crippen LogP contribution in [0.4, 0.5) is 0 Å². The standard InChI is InChI=1S/C12H6BrNO4S/c13-9-4-19-12(14-9)11(16)10(15)6-1-2-7-8(3-6)18-5-17-7/h1-4H,5H2. The highest BCUT2D eigenvalue weighted by atomic mass is 79.9. The van der Waals surface area contributed by atoms with Crippen molar-refractivity contribution in [3.05, 3.63) is 38.8 Å². The molecule has 0 N–H and O–H groups in total. The number of carbonyl (C=O) groups excluding carboxylic acids is 2.